The summed E-state index contributed by atoms with van der Waals surface area (Å²) in [5.74, 6) is -1.39. The van der Waals surface area contributed by atoms with Crippen LogP contribution in [-0.2, 0) is 4.74 Å². The van der Waals surface area contributed by atoms with Crippen molar-refractivity contribution in [2.24, 2.45) is 0 Å². The highest BCUT2D eigenvalue weighted by Gasteiger charge is 2.17. The fourth-order valence-electron chi connectivity index (χ4n) is 1.81. The molecule has 2 rings (SSSR count). The topological polar surface area (TPSA) is 63.6 Å². The minimum Gasteiger partial charge on any atom is -0.478 e. The Morgan fingerprint density at radius 3 is 2.47 bits per heavy atom. The van der Waals surface area contributed by atoms with Gasteiger partial charge in [0.25, 0.3) is 0 Å². The maximum Gasteiger partial charge on any atom is 0.338 e. The third-order valence-corrected chi connectivity index (χ3v) is 3.83. The summed E-state index contributed by atoms with van der Waals surface area (Å²) in [6.45, 7) is 1.75. The van der Waals surface area contributed by atoms with Gasteiger partial charge >= 0.3 is 11.9 Å². The summed E-state index contributed by atoms with van der Waals surface area (Å²) in [6.07, 6.45) is 0. The molecule has 4 nitrogen and oxygen atoms in total. The highest BCUT2D eigenvalue weighted by Crippen LogP contribution is 2.33. The average Bonchev–Trinajstić information content (AvgIpc) is 2.80. The number of rotatable bonds is 3. The Bertz CT molecular complexity index is 643. The van der Waals surface area contributed by atoms with E-state index in [1.165, 1.54) is 18.4 Å². The molecule has 0 amide bonds. The van der Waals surface area contributed by atoms with E-state index in [1.807, 2.05) is 0 Å². The molecule has 0 spiro atoms. The van der Waals surface area contributed by atoms with E-state index >= 15 is 0 Å². The fourth-order valence-corrected chi connectivity index (χ4v) is 2.86. The number of carbonyl (C=O) groups excluding carboxylic acids is 1. The molecule has 0 atom stereocenters. The summed E-state index contributed by atoms with van der Waals surface area (Å²) in [4.78, 5) is 24.2. The quantitative estimate of drug-likeness (QED) is 0.874. The number of esters is 1. The van der Waals surface area contributed by atoms with Gasteiger partial charge in [0.05, 0.1) is 18.2 Å². The molecule has 0 unspecified atom stereocenters. The van der Waals surface area contributed by atoms with Gasteiger partial charge in [-0.05, 0) is 19.1 Å². The van der Waals surface area contributed by atoms with E-state index < -0.39 is 11.9 Å². The van der Waals surface area contributed by atoms with Gasteiger partial charge in [-0.15, -0.1) is 11.3 Å². The standard InChI is InChI=1S/C14H12O4S/c1-8-11(13(15)16)7-12(19-8)9-5-3-4-6-10(9)14(17)18-2/h3-7H,1-2H3,(H,15,16). The predicted octanol–water partition coefficient (Wildman–Crippen LogP) is 3.21. The van der Waals surface area contributed by atoms with E-state index in [-0.39, 0.29) is 5.56 Å². The van der Waals surface area contributed by atoms with Crippen LogP contribution in [0.5, 0.6) is 0 Å². The largest absolute Gasteiger partial charge is 0.478 e. The van der Waals surface area contributed by atoms with Crippen LogP contribution in [0.25, 0.3) is 10.4 Å². The smallest absolute Gasteiger partial charge is 0.338 e. The number of carbonyl (C=O) groups is 2. The molecule has 19 heavy (non-hydrogen) atoms. The number of benzene rings is 1. The first-order valence-corrected chi connectivity index (χ1v) is 6.37. The summed E-state index contributed by atoms with van der Waals surface area (Å²) in [5, 5.41) is 9.07. The summed E-state index contributed by atoms with van der Waals surface area (Å²) >= 11 is 1.35. The Hall–Kier alpha value is -2.14. The summed E-state index contributed by atoms with van der Waals surface area (Å²) in [5.41, 5.74) is 1.39. The second kappa shape index (κ2) is 5.24. The second-order valence-corrected chi connectivity index (χ2v) is 5.18. The van der Waals surface area contributed by atoms with E-state index in [2.05, 4.69) is 0 Å². The van der Waals surface area contributed by atoms with Crippen molar-refractivity contribution in [2.75, 3.05) is 7.11 Å². The molecule has 1 aromatic heterocycles. The van der Waals surface area contributed by atoms with Gasteiger partial charge in [0.1, 0.15) is 0 Å². The SMILES string of the molecule is COC(=O)c1ccccc1-c1cc(C(=O)O)c(C)s1. The zero-order chi connectivity index (χ0) is 14.0. The number of methoxy groups -OCH3 is 1. The Labute approximate surface area is 114 Å². The van der Waals surface area contributed by atoms with Gasteiger partial charge in [-0.2, -0.15) is 0 Å². The molecule has 0 radical (unpaired) electrons. The first-order chi connectivity index (χ1) is 9.04. The minimum atomic E-state index is -0.962. The Morgan fingerprint density at radius 1 is 1.21 bits per heavy atom. The minimum absolute atomic E-state index is 0.264. The molecule has 0 aliphatic carbocycles. The van der Waals surface area contributed by atoms with E-state index in [0.29, 0.717) is 16.0 Å². The lowest BCUT2D eigenvalue weighted by Gasteiger charge is -2.05. The van der Waals surface area contributed by atoms with E-state index in [4.69, 9.17) is 9.84 Å². The lowest BCUT2D eigenvalue weighted by Crippen LogP contribution is -2.02. The maximum atomic E-state index is 11.7. The molecule has 0 aliphatic rings. The highest BCUT2D eigenvalue weighted by atomic mass is 32.1. The Balaban J connectivity index is 2.56. The molecule has 1 aromatic carbocycles. The number of carboxylic acid groups (broad SMARTS) is 1. The van der Waals surface area contributed by atoms with Crippen molar-refractivity contribution in [1.82, 2.24) is 0 Å². The van der Waals surface area contributed by atoms with Crippen LogP contribution in [0.3, 0.4) is 0 Å². The average molecular weight is 276 g/mol. The molecular formula is C14H12O4S. The van der Waals surface area contributed by atoms with Gasteiger partial charge in [0, 0.05) is 15.3 Å². The van der Waals surface area contributed by atoms with E-state index in [0.717, 1.165) is 4.88 Å². The zero-order valence-electron chi connectivity index (χ0n) is 10.5. The number of aryl methyl sites for hydroxylation is 1. The molecule has 2 aromatic rings. The van der Waals surface area contributed by atoms with Crippen molar-refractivity contribution >= 4 is 23.3 Å². The van der Waals surface area contributed by atoms with Crippen molar-refractivity contribution in [3.63, 3.8) is 0 Å². The lowest BCUT2D eigenvalue weighted by molar-refractivity contribution is 0.0601. The van der Waals surface area contributed by atoms with Gasteiger partial charge in [0.15, 0.2) is 0 Å². The first kappa shape index (κ1) is 13.3. The monoisotopic (exact) mass is 276 g/mol. The molecule has 0 saturated heterocycles. The lowest BCUT2D eigenvalue weighted by atomic mass is 10.1. The van der Waals surface area contributed by atoms with E-state index in [1.54, 1.807) is 37.3 Å². The molecule has 0 bridgehead atoms. The number of ether oxygens (including phenoxy) is 1. The first-order valence-electron chi connectivity index (χ1n) is 5.56. The van der Waals surface area contributed by atoms with Crippen LogP contribution >= 0.6 is 11.3 Å². The van der Waals surface area contributed by atoms with Gasteiger partial charge in [-0.1, -0.05) is 18.2 Å². The summed E-state index contributed by atoms with van der Waals surface area (Å²) in [6, 6.07) is 8.58. The molecule has 0 fully saturated rings. The van der Waals surface area contributed by atoms with Crippen LogP contribution in [0.2, 0.25) is 0 Å². The number of hydrogen-bond acceptors (Lipinski definition) is 4. The fraction of sp³-hybridized carbons (Fsp3) is 0.143. The van der Waals surface area contributed by atoms with Crippen LogP contribution < -0.4 is 0 Å². The van der Waals surface area contributed by atoms with Crippen LogP contribution in [0, 0.1) is 6.92 Å². The second-order valence-electron chi connectivity index (χ2n) is 3.92. The normalized spacial score (nSPS) is 10.2. The van der Waals surface area contributed by atoms with E-state index in [9.17, 15) is 9.59 Å². The molecule has 5 heteroatoms. The molecular weight excluding hydrogens is 264 g/mol. The van der Waals surface area contributed by atoms with Crippen molar-refractivity contribution in [2.45, 2.75) is 6.92 Å². The predicted molar refractivity (Wildman–Crippen MR) is 72.8 cm³/mol. The van der Waals surface area contributed by atoms with Gasteiger partial charge in [-0.25, -0.2) is 9.59 Å². The van der Waals surface area contributed by atoms with Crippen LogP contribution in [0.15, 0.2) is 30.3 Å². The van der Waals surface area contributed by atoms with Crippen molar-refractivity contribution in [1.29, 1.82) is 0 Å². The Kier molecular flexibility index (Phi) is 3.66. The number of aromatic carboxylic acids is 1. The number of hydrogen-bond donors (Lipinski definition) is 1. The highest BCUT2D eigenvalue weighted by molar-refractivity contribution is 7.15. The number of thiophene rings is 1. The maximum absolute atomic E-state index is 11.7. The van der Waals surface area contributed by atoms with Crippen LogP contribution in [0.4, 0.5) is 0 Å². The van der Waals surface area contributed by atoms with Gasteiger partial charge in [0.2, 0.25) is 0 Å². The number of carboxylic acids is 1. The molecule has 0 saturated carbocycles. The van der Waals surface area contributed by atoms with Gasteiger partial charge < -0.3 is 9.84 Å². The molecule has 1 heterocycles. The van der Waals surface area contributed by atoms with Crippen molar-refractivity contribution in [3.05, 3.63) is 46.3 Å². The Morgan fingerprint density at radius 2 is 1.89 bits per heavy atom. The molecule has 1 N–H and O–H groups in total. The van der Waals surface area contributed by atoms with Crippen LogP contribution in [-0.4, -0.2) is 24.2 Å². The zero-order valence-corrected chi connectivity index (χ0v) is 11.3. The third kappa shape index (κ3) is 2.51. The van der Waals surface area contributed by atoms with Gasteiger partial charge in [-0.3, -0.25) is 0 Å². The summed E-state index contributed by atoms with van der Waals surface area (Å²) in [7, 11) is 1.32. The van der Waals surface area contributed by atoms with Crippen LogP contribution in [0.1, 0.15) is 25.6 Å². The third-order valence-electron chi connectivity index (χ3n) is 2.75. The van der Waals surface area contributed by atoms with Crippen molar-refractivity contribution < 1.29 is 19.4 Å². The summed E-state index contributed by atoms with van der Waals surface area (Å²) < 4.78 is 4.73. The van der Waals surface area contributed by atoms with Crippen molar-refractivity contribution in [3.8, 4) is 10.4 Å². The molecule has 0 aliphatic heterocycles. The molecule has 98 valence electrons.